The number of anilines is 1. The summed E-state index contributed by atoms with van der Waals surface area (Å²) in [6.07, 6.45) is 2.17. The molecule has 1 heterocycles. The minimum absolute atomic E-state index is 0.152. The molecular formula is C14H15ClN4O2. The second-order valence-electron chi connectivity index (χ2n) is 4.33. The first-order valence-corrected chi connectivity index (χ1v) is 6.85. The minimum atomic E-state index is -0.314. The van der Waals surface area contributed by atoms with Crippen LogP contribution in [0.1, 0.15) is 6.42 Å². The van der Waals surface area contributed by atoms with Crippen LogP contribution >= 0.6 is 11.6 Å². The van der Waals surface area contributed by atoms with Crippen molar-refractivity contribution in [2.75, 3.05) is 11.9 Å². The van der Waals surface area contributed by atoms with Gasteiger partial charge in [0, 0.05) is 36.1 Å². The normalized spacial score (nSPS) is 10.1. The average Bonchev–Trinajstić information content (AvgIpc) is 2.45. The van der Waals surface area contributed by atoms with E-state index >= 15 is 0 Å². The Balaban J connectivity index is 1.72. The maximum Gasteiger partial charge on any atom is 0.319 e. The molecule has 7 heteroatoms. The van der Waals surface area contributed by atoms with Crippen LogP contribution < -0.4 is 16.2 Å². The molecule has 0 atom stereocenters. The Bertz CT molecular complexity index is 672. The van der Waals surface area contributed by atoms with E-state index in [0.29, 0.717) is 30.2 Å². The van der Waals surface area contributed by atoms with Gasteiger partial charge in [-0.1, -0.05) is 17.7 Å². The van der Waals surface area contributed by atoms with Gasteiger partial charge in [0.2, 0.25) is 0 Å². The number of urea groups is 1. The number of nitrogens with zero attached hydrogens (tertiary/aromatic N) is 2. The Kier molecular flexibility index (Phi) is 5.34. The van der Waals surface area contributed by atoms with E-state index in [1.807, 2.05) is 0 Å². The van der Waals surface area contributed by atoms with Crippen molar-refractivity contribution in [3.05, 3.63) is 58.0 Å². The number of aromatic nitrogens is 2. The molecule has 0 aliphatic carbocycles. The minimum Gasteiger partial charge on any atom is -0.338 e. The number of amides is 2. The van der Waals surface area contributed by atoms with Gasteiger partial charge in [-0.25, -0.2) is 9.48 Å². The first kappa shape index (κ1) is 15.1. The van der Waals surface area contributed by atoms with Gasteiger partial charge in [0.1, 0.15) is 0 Å². The standard InChI is InChI=1S/C14H15ClN4O2/c15-11-4-1-5-12(10-11)18-14(21)16-7-3-9-19-13(20)6-2-8-17-19/h1-2,4-6,8,10H,3,7,9H2,(H2,16,18,21). The number of hydrogen-bond acceptors (Lipinski definition) is 3. The number of halogens is 1. The second kappa shape index (κ2) is 7.44. The molecule has 0 fully saturated rings. The number of nitrogens with one attached hydrogen (secondary N) is 2. The highest BCUT2D eigenvalue weighted by Crippen LogP contribution is 2.14. The second-order valence-corrected chi connectivity index (χ2v) is 4.77. The summed E-state index contributed by atoms with van der Waals surface area (Å²) in [6.45, 7) is 0.895. The van der Waals surface area contributed by atoms with Crippen LogP contribution in [0.2, 0.25) is 5.02 Å². The average molecular weight is 307 g/mol. The van der Waals surface area contributed by atoms with Gasteiger partial charge in [-0.15, -0.1) is 0 Å². The smallest absolute Gasteiger partial charge is 0.319 e. The van der Waals surface area contributed by atoms with Gasteiger partial charge in [0.25, 0.3) is 5.56 Å². The zero-order valence-corrected chi connectivity index (χ0v) is 12.0. The van der Waals surface area contributed by atoms with Gasteiger partial charge in [0.05, 0.1) is 0 Å². The van der Waals surface area contributed by atoms with E-state index in [-0.39, 0.29) is 11.6 Å². The third-order valence-electron chi connectivity index (χ3n) is 2.70. The first-order valence-electron chi connectivity index (χ1n) is 6.48. The number of rotatable bonds is 5. The zero-order chi connectivity index (χ0) is 15.1. The van der Waals surface area contributed by atoms with Gasteiger partial charge >= 0.3 is 6.03 Å². The predicted octanol–water partition coefficient (Wildman–Crippen LogP) is 2.11. The number of carbonyl (C=O) groups excluding carboxylic acids is 1. The summed E-state index contributed by atoms with van der Waals surface area (Å²) in [5, 5.41) is 9.87. The Labute approximate surface area is 126 Å². The molecule has 110 valence electrons. The predicted molar refractivity (Wildman–Crippen MR) is 81.6 cm³/mol. The molecule has 21 heavy (non-hydrogen) atoms. The molecule has 1 aromatic heterocycles. The van der Waals surface area contributed by atoms with Gasteiger partial charge in [-0.3, -0.25) is 4.79 Å². The van der Waals surface area contributed by atoms with E-state index in [1.165, 1.54) is 10.7 Å². The molecule has 2 N–H and O–H groups in total. The maximum absolute atomic E-state index is 11.7. The molecule has 0 unspecified atom stereocenters. The molecule has 6 nitrogen and oxygen atoms in total. The Hall–Kier alpha value is -2.34. The number of carbonyl (C=O) groups is 1. The summed E-state index contributed by atoms with van der Waals surface area (Å²) < 4.78 is 1.36. The van der Waals surface area contributed by atoms with Crippen molar-refractivity contribution in [2.45, 2.75) is 13.0 Å². The molecule has 0 aliphatic heterocycles. The van der Waals surface area contributed by atoms with Gasteiger partial charge in [-0.05, 0) is 30.7 Å². The molecular weight excluding hydrogens is 292 g/mol. The Morgan fingerprint density at radius 2 is 2.14 bits per heavy atom. The van der Waals surface area contributed by atoms with Gasteiger partial charge in [-0.2, -0.15) is 5.10 Å². The van der Waals surface area contributed by atoms with Crippen molar-refractivity contribution >= 4 is 23.3 Å². The summed E-state index contributed by atoms with van der Waals surface area (Å²) in [6, 6.07) is 9.63. The fourth-order valence-corrected chi connectivity index (χ4v) is 1.92. The molecule has 2 rings (SSSR count). The summed E-state index contributed by atoms with van der Waals surface area (Å²) >= 11 is 5.83. The van der Waals surface area contributed by atoms with Crippen molar-refractivity contribution < 1.29 is 4.79 Å². The third-order valence-corrected chi connectivity index (χ3v) is 2.94. The van der Waals surface area contributed by atoms with Gasteiger partial charge in [0.15, 0.2) is 0 Å². The fraction of sp³-hybridized carbons (Fsp3) is 0.214. The zero-order valence-electron chi connectivity index (χ0n) is 11.3. The quantitative estimate of drug-likeness (QED) is 0.831. The van der Waals surface area contributed by atoms with E-state index in [1.54, 1.807) is 36.5 Å². The van der Waals surface area contributed by atoms with Crippen LogP contribution in [0.15, 0.2) is 47.4 Å². The van der Waals surface area contributed by atoms with Crippen LogP contribution in [0.4, 0.5) is 10.5 Å². The lowest BCUT2D eigenvalue weighted by Gasteiger charge is -2.08. The summed E-state index contributed by atoms with van der Waals surface area (Å²) in [7, 11) is 0. The highest BCUT2D eigenvalue weighted by atomic mass is 35.5. The van der Waals surface area contributed by atoms with E-state index in [4.69, 9.17) is 11.6 Å². The topological polar surface area (TPSA) is 76.0 Å². The van der Waals surface area contributed by atoms with Crippen molar-refractivity contribution in [3.8, 4) is 0 Å². The first-order chi connectivity index (χ1) is 10.1. The van der Waals surface area contributed by atoms with E-state index < -0.39 is 0 Å². The van der Waals surface area contributed by atoms with Crippen molar-refractivity contribution in [2.24, 2.45) is 0 Å². The molecule has 2 amide bonds. The van der Waals surface area contributed by atoms with Crippen molar-refractivity contribution in [1.82, 2.24) is 15.1 Å². The number of hydrogen-bond donors (Lipinski definition) is 2. The van der Waals surface area contributed by atoms with E-state index in [0.717, 1.165) is 0 Å². The molecule has 0 aliphatic rings. The molecule has 0 bridgehead atoms. The molecule has 0 spiro atoms. The third kappa shape index (κ3) is 4.92. The summed E-state index contributed by atoms with van der Waals surface area (Å²) in [5.74, 6) is 0. The molecule has 0 saturated carbocycles. The molecule has 0 saturated heterocycles. The van der Waals surface area contributed by atoms with Crippen LogP contribution in [0.3, 0.4) is 0 Å². The van der Waals surface area contributed by atoms with Crippen molar-refractivity contribution in [1.29, 1.82) is 0 Å². The van der Waals surface area contributed by atoms with Crippen molar-refractivity contribution in [3.63, 3.8) is 0 Å². The van der Waals surface area contributed by atoms with Crippen LogP contribution in [0, 0.1) is 0 Å². The molecule has 2 aromatic rings. The lowest BCUT2D eigenvalue weighted by Crippen LogP contribution is -2.31. The largest absolute Gasteiger partial charge is 0.338 e. The van der Waals surface area contributed by atoms with Crippen LogP contribution in [-0.4, -0.2) is 22.4 Å². The SMILES string of the molecule is O=C(NCCCn1ncccc1=O)Nc1cccc(Cl)c1. The highest BCUT2D eigenvalue weighted by Gasteiger charge is 2.02. The monoisotopic (exact) mass is 306 g/mol. The maximum atomic E-state index is 11.7. The van der Waals surface area contributed by atoms with Gasteiger partial charge < -0.3 is 10.6 Å². The Morgan fingerprint density at radius 1 is 1.29 bits per heavy atom. The van der Waals surface area contributed by atoms with E-state index in [9.17, 15) is 9.59 Å². The van der Waals surface area contributed by atoms with Crippen LogP contribution in [-0.2, 0) is 6.54 Å². The number of aryl methyl sites for hydroxylation is 1. The highest BCUT2D eigenvalue weighted by molar-refractivity contribution is 6.30. The summed E-state index contributed by atoms with van der Waals surface area (Å²) in [4.78, 5) is 23.1. The lowest BCUT2D eigenvalue weighted by atomic mass is 10.3. The number of benzene rings is 1. The lowest BCUT2D eigenvalue weighted by molar-refractivity contribution is 0.251. The van der Waals surface area contributed by atoms with Crippen LogP contribution in [0.25, 0.3) is 0 Å². The fourth-order valence-electron chi connectivity index (χ4n) is 1.73. The Morgan fingerprint density at radius 3 is 2.90 bits per heavy atom. The van der Waals surface area contributed by atoms with Crippen LogP contribution in [0.5, 0.6) is 0 Å². The van der Waals surface area contributed by atoms with E-state index in [2.05, 4.69) is 15.7 Å². The molecule has 1 aromatic carbocycles. The summed E-state index contributed by atoms with van der Waals surface area (Å²) in [5.41, 5.74) is 0.474. The molecule has 0 radical (unpaired) electrons.